The van der Waals surface area contributed by atoms with Crippen LogP contribution in [0, 0.1) is 0 Å². The Kier molecular flexibility index (Phi) is 4.90. The first-order valence-electron chi connectivity index (χ1n) is 14.7. The Hall–Kier alpha value is -5.36. The average Bonchev–Trinajstić information content (AvgIpc) is 3.82. The van der Waals surface area contributed by atoms with Gasteiger partial charge in [0.1, 0.15) is 0 Å². The average molecular weight is 534 g/mol. The molecule has 0 saturated carbocycles. The largest absolute Gasteiger partial charge is 0.307 e. The normalized spacial score (nSPS) is 16.5. The van der Waals surface area contributed by atoms with Crippen molar-refractivity contribution in [3.63, 3.8) is 0 Å². The van der Waals surface area contributed by atoms with E-state index in [-0.39, 0.29) is 5.41 Å². The molecule has 1 spiro atoms. The second-order valence-corrected chi connectivity index (χ2v) is 11.4. The Labute approximate surface area is 246 Å². The van der Waals surface area contributed by atoms with Crippen molar-refractivity contribution >= 4 is 16.8 Å². The molecule has 0 aromatic heterocycles. The Balaban J connectivity index is 1.27. The topological polar surface area (TPSA) is 3.24 Å². The van der Waals surface area contributed by atoms with Crippen LogP contribution in [-0.2, 0) is 5.41 Å². The fraction of sp³-hybridized carbons (Fsp3) is 0.0488. The van der Waals surface area contributed by atoms with Crippen LogP contribution in [-0.4, -0.2) is 0 Å². The summed E-state index contributed by atoms with van der Waals surface area (Å²) < 4.78 is 0. The maximum absolute atomic E-state index is 3.75. The predicted molar refractivity (Wildman–Crippen MR) is 173 cm³/mol. The van der Waals surface area contributed by atoms with Gasteiger partial charge in [0.15, 0.2) is 0 Å². The lowest BCUT2D eigenvalue weighted by Gasteiger charge is -2.32. The van der Waals surface area contributed by atoms with Crippen LogP contribution in [0.1, 0.15) is 34.2 Å². The summed E-state index contributed by atoms with van der Waals surface area (Å²) in [4.78, 5) is 2.41. The molecular formula is C41H27N. The van der Waals surface area contributed by atoms with Gasteiger partial charge in [0, 0.05) is 23.4 Å². The number of anilines is 1. The number of hydrogen-bond donors (Lipinski definition) is 0. The van der Waals surface area contributed by atoms with Gasteiger partial charge in [-0.3, -0.25) is 0 Å². The molecule has 196 valence electrons. The van der Waals surface area contributed by atoms with Gasteiger partial charge in [-0.05, 0) is 80.5 Å². The lowest BCUT2D eigenvalue weighted by atomic mass is 9.70. The van der Waals surface area contributed by atoms with E-state index >= 15 is 0 Å². The molecule has 0 saturated heterocycles. The number of hydrogen-bond acceptors (Lipinski definition) is 1. The first-order chi connectivity index (χ1) is 20.8. The van der Waals surface area contributed by atoms with Crippen molar-refractivity contribution in [2.24, 2.45) is 0 Å². The molecule has 0 unspecified atom stereocenters. The number of allylic oxidation sites excluding steroid dienone is 5. The van der Waals surface area contributed by atoms with Crippen LogP contribution in [0.2, 0.25) is 0 Å². The highest BCUT2D eigenvalue weighted by Gasteiger charge is 2.53. The molecule has 0 atom stereocenters. The van der Waals surface area contributed by atoms with Gasteiger partial charge in [0.05, 0.1) is 11.1 Å². The van der Waals surface area contributed by atoms with E-state index in [0.717, 1.165) is 23.4 Å². The fourth-order valence-corrected chi connectivity index (χ4v) is 7.67. The molecule has 0 radical (unpaired) electrons. The van der Waals surface area contributed by atoms with E-state index < -0.39 is 0 Å². The zero-order valence-corrected chi connectivity index (χ0v) is 23.1. The van der Waals surface area contributed by atoms with Gasteiger partial charge < -0.3 is 4.90 Å². The number of fused-ring (bicyclic) bond motifs is 9. The summed E-state index contributed by atoms with van der Waals surface area (Å²) in [5.74, 6) is 0. The van der Waals surface area contributed by atoms with E-state index in [4.69, 9.17) is 0 Å². The molecule has 0 heterocycles. The Morgan fingerprint density at radius 1 is 0.548 bits per heavy atom. The number of rotatable bonds is 4. The second kappa shape index (κ2) is 8.82. The monoisotopic (exact) mass is 533 g/mol. The van der Waals surface area contributed by atoms with Gasteiger partial charge in [0.2, 0.25) is 0 Å². The van der Waals surface area contributed by atoms with Crippen molar-refractivity contribution in [2.45, 2.75) is 11.8 Å². The standard InChI is InChI=1S/C41H27N/c1-3-13-28(14-4-1)29-23-24-31(25-29)42(30-15-5-2-6-16-30)32-26-36-35-19-9-12-22-39(35)41(40(36)27-32)37-20-10-7-17-33(37)34-18-8-11-21-38(34)41/h1-24,27H,26H2. The van der Waals surface area contributed by atoms with Gasteiger partial charge >= 0.3 is 0 Å². The summed E-state index contributed by atoms with van der Waals surface area (Å²) in [6, 6.07) is 48.4. The third-order valence-electron chi connectivity index (χ3n) is 9.30. The quantitative estimate of drug-likeness (QED) is 0.208. The van der Waals surface area contributed by atoms with E-state index in [1.165, 1.54) is 55.8 Å². The summed E-state index contributed by atoms with van der Waals surface area (Å²) in [6.45, 7) is 0. The van der Waals surface area contributed by atoms with Crippen molar-refractivity contribution in [3.8, 4) is 11.1 Å². The molecule has 42 heavy (non-hydrogen) atoms. The van der Waals surface area contributed by atoms with Crippen LogP contribution in [0.25, 0.3) is 22.3 Å². The van der Waals surface area contributed by atoms with Gasteiger partial charge in [-0.15, -0.1) is 0 Å². The molecule has 4 aliphatic carbocycles. The van der Waals surface area contributed by atoms with Crippen LogP contribution in [0.4, 0.5) is 5.69 Å². The minimum Gasteiger partial charge on any atom is -0.307 e. The molecule has 0 bridgehead atoms. The third-order valence-corrected chi connectivity index (χ3v) is 9.30. The molecule has 0 fully saturated rings. The van der Waals surface area contributed by atoms with E-state index in [1.807, 2.05) is 0 Å². The van der Waals surface area contributed by atoms with Gasteiger partial charge in [-0.25, -0.2) is 0 Å². The third kappa shape index (κ3) is 3.09. The highest BCUT2D eigenvalue weighted by atomic mass is 15.2. The summed E-state index contributed by atoms with van der Waals surface area (Å²) >= 11 is 0. The minimum atomic E-state index is -0.311. The summed E-state index contributed by atoms with van der Waals surface area (Å²) in [5, 5.41) is 0. The second-order valence-electron chi connectivity index (χ2n) is 11.4. The Morgan fingerprint density at radius 3 is 1.76 bits per heavy atom. The van der Waals surface area contributed by atoms with Crippen molar-refractivity contribution in [1.82, 2.24) is 0 Å². The summed E-state index contributed by atoms with van der Waals surface area (Å²) in [7, 11) is 0. The highest BCUT2D eigenvalue weighted by molar-refractivity contribution is 5.98. The molecule has 1 heteroatoms. The molecular weight excluding hydrogens is 506 g/mol. The minimum absolute atomic E-state index is 0.311. The van der Waals surface area contributed by atoms with Gasteiger partial charge in [-0.2, -0.15) is 0 Å². The molecule has 5 aromatic carbocycles. The van der Waals surface area contributed by atoms with Crippen molar-refractivity contribution < 1.29 is 0 Å². The summed E-state index contributed by atoms with van der Waals surface area (Å²) in [5.41, 5.74) is 20.3. The van der Waals surface area contributed by atoms with Crippen LogP contribution >= 0.6 is 0 Å². The van der Waals surface area contributed by atoms with Crippen LogP contribution < -0.4 is 4.90 Å². The van der Waals surface area contributed by atoms with Crippen LogP contribution in [0.15, 0.2) is 174 Å². The predicted octanol–water partition coefficient (Wildman–Crippen LogP) is 9.70. The molecule has 9 rings (SSSR count). The molecule has 0 aliphatic heterocycles. The molecule has 1 nitrogen and oxygen atoms in total. The SMILES string of the molecule is C1=C(c2ccccc2)C=CC=1N(C1=CC2=C(C1)c1ccccc1C21c2ccccc2-c2ccccc21)c1ccccc1. The molecule has 4 aliphatic rings. The zero-order chi connectivity index (χ0) is 27.7. The Bertz CT molecular complexity index is 2040. The maximum atomic E-state index is 3.75. The fourth-order valence-electron chi connectivity index (χ4n) is 7.67. The lowest BCUT2D eigenvalue weighted by Crippen LogP contribution is -2.27. The van der Waals surface area contributed by atoms with E-state index in [0.29, 0.717) is 0 Å². The van der Waals surface area contributed by atoms with Crippen molar-refractivity contribution in [1.29, 1.82) is 0 Å². The highest BCUT2D eigenvalue weighted by Crippen LogP contribution is 2.64. The van der Waals surface area contributed by atoms with Crippen LogP contribution in [0.3, 0.4) is 0 Å². The van der Waals surface area contributed by atoms with Crippen molar-refractivity contribution in [2.75, 3.05) is 4.90 Å². The first-order valence-corrected chi connectivity index (χ1v) is 14.7. The number of benzene rings is 5. The first kappa shape index (κ1) is 23.4. The van der Waals surface area contributed by atoms with Gasteiger partial charge in [0.25, 0.3) is 0 Å². The molecule has 5 aromatic rings. The van der Waals surface area contributed by atoms with E-state index in [1.54, 1.807) is 0 Å². The Morgan fingerprint density at radius 2 is 1.10 bits per heavy atom. The van der Waals surface area contributed by atoms with Crippen molar-refractivity contribution in [3.05, 3.63) is 202 Å². The summed E-state index contributed by atoms with van der Waals surface area (Å²) in [6.07, 6.45) is 7.76. The zero-order valence-electron chi connectivity index (χ0n) is 23.1. The lowest BCUT2D eigenvalue weighted by molar-refractivity contribution is 0.786. The number of para-hydroxylation sites is 1. The smallest absolute Gasteiger partial charge is 0.0894 e. The van der Waals surface area contributed by atoms with E-state index in [9.17, 15) is 0 Å². The molecule has 0 N–H and O–H groups in total. The number of nitrogens with zero attached hydrogens (tertiary/aromatic N) is 1. The van der Waals surface area contributed by atoms with Gasteiger partial charge in [-0.1, -0.05) is 127 Å². The van der Waals surface area contributed by atoms with Crippen LogP contribution in [0.5, 0.6) is 0 Å². The van der Waals surface area contributed by atoms with E-state index in [2.05, 4.69) is 162 Å². The maximum Gasteiger partial charge on any atom is 0.0894 e. The molecule has 0 amide bonds.